The minimum Gasteiger partial charge on any atom is -0.265 e. The average molecular weight is 147 g/mol. The van der Waals surface area contributed by atoms with E-state index in [9.17, 15) is 0 Å². The predicted molar refractivity (Wildman–Crippen MR) is 24.9 cm³/mol. The van der Waals surface area contributed by atoms with Crippen molar-refractivity contribution >= 4 is 0 Å². The molecule has 1 heterocycles. The molecule has 0 aromatic carbocycles. The molecule has 0 aliphatic heterocycles. The van der Waals surface area contributed by atoms with Gasteiger partial charge in [-0.2, -0.15) is 0 Å². The second-order valence-electron chi connectivity index (χ2n) is 1.02. The topological polar surface area (TPSA) is 30.0 Å². The number of pyridine rings is 1. The summed E-state index contributed by atoms with van der Waals surface area (Å²) in [6.07, 6.45) is 3.50. The van der Waals surface area contributed by atoms with E-state index in [2.05, 4.69) is 4.98 Å². The Morgan fingerprint density at radius 1 is 1.00 bits per heavy atom. The van der Waals surface area contributed by atoms with E-state index in [-0.39, 0.29) is 0 Å². The van der Waals surface area contributed by atoms with Crippen LogP contribution in [0.5, 0.6) is 0 Å². The van der Waals surface area contributed by atoms with Gasteiger partial charge in [0, 0.05) is 12.4 Å². The van der Waals surface area contributed by atoms with Crippen LogP contribution < -0.4 is 0 Å². The SMILES string of the molecule is [O]=[Cr].c1ccncc1. The quantitative estimate of drug-likeness (QED) is 0.547. The molecule has 1 aromatic heterocycles. The molecule has 0 saturated heterocycles. The van der Waals surface area contributed by atoms with Crippen molar-refractivity contribution in [1.29, 1.82) is 0 Å². The summed E-state index contributed by atoms with van der Waals surface area (Å²) in [4.78, 5) is 3.78. The Kier molecular flexibility index (Phi) is 6.06. The van der Waals surface area contributed by atoms with Gasteiger partial charge in [-0.1, -0.05) is 6.07 Å². The van der Waals surface area contributed by atoms with Crippen LogP contribution in [0.2, 0.25) is 0 Å². The molecule has 0 fully saturated rings. The zero-order chi connectivity index (χ0) is 6.24. The fourth-order valence-electron chi connectivity index (χ4n) is 0.313. The molecule has 0 saturated carbocycles. The molecule has 3 heteroatoms. The molecule has 2 nitrogen and oxygen atoms in total. The van der Waals surface area contributed by atoms with Gasteiger partial charge in [0.25, 0.3) is 0 Å². The third kappa shape index (κ3) is 3.66. The fourth-order valence-corrected chi connectivity index (χ4v) is 0.313. The largest absolute Gasteiger partial charge is 0.265 e. The molecular weight excluding hydrogens is 142 g/mol. The summed E-state index contributed by atoms with van der Waals surface area (Å²) in [7, 11) is 0. The van der Waals surface area contributed by atoms with E-state index >= 15 is 0 Å². The average Bonchev–Trinajstić information content (AvgIpc) is 1.96. The van der Waals surface area contributed by atoms with E-state index < -0.39 is 0 Å². The first kappa shape index (κ1) is 7.48. The first-order valence-corrected chi connectivity index (χ1v) is 2.54. The maximum absolute atomic E-state index is 8.12. The van der Waals surface area contributed by atoms with Crippen molar-refractivity contribution in [2.75, 3.05) is 0 Å². The third-order valence-electron chi connectivity index (χ3n) is 0.566. The van der Waals surface area contributed by atoms with Crippen LogP contribution in [0, 0.1) is 0 Å². The van der Waals surface area contributed by atoms with Crippen LogP contribution in [0.25, 0.3) is 0 Å². The first-order chi connectivity index (χ1) is 4.00. The van der Waals surface area contributed by atoms with E-state index in [1.807, 2.05) is 18.2 Å². The zero-order valence-electron chi connectivity index (χ0n) is 4.15. The molecule has 0 unspecified atom stereocenters. The Labute approximate surface area is 56.2 Å². The monoisotopic (exact) mass is 147 g/mol. The van der Waals surface area contributed by atoms with Gasteiger partial charge in [0.2, 0.25) is 0 Å². The van der Waals surface area contributed by atoms with Crippen LogP contribution >= 0.6 is 0 Å². The molecule has 0 amide bonds. The summed E-state index contributed by atoms with van der Waals surface area (Å²) < 4.78 is 8.12. The Balaban J connectivity index is 0.000000222. The Hall–Kier alpha value is -0.518. The van der Waals surface area contributed by atoms with Gasteiger partial charge in [-0.25, -0.2) is 0 Å². The zero-order valence-corrected chi connectivity index (χ0v) is 5.43. The van der Waals surface area contributed by atoms with Crippen LogP contribution in [0.4, 0.5) is 0 Å². The van der Waals surface area contributed by atoms with Crippen LogP contribution in [0.15, 0.2) is 30.6 Å². The number of hydrogen-bond donors (Lipinski definition) is 0. The standard InChI is InChI=1S/C5H5N.Cr.O/c1-2-4-6-5-3-1;;/h1-5H;;. The molecule has 0 spiro atoms. The molecule has 0 aliphatic rings. The number of rotatable bonds is 0. The van der Waals surface area contributed by atoms with Crippen LogP contribution in [-0.2, 0) is 20.0 Å². The van der Waals surface area contributed by atoms with Gasteiger partial charge < -0.3 is 0 Å². The van der Waals surface area contributed by atoms with Crippen molar-refractivity contribution in [3.8, 4) is 0 Å². The molecule has 0 bridgehead atoms. The normalized spacial score (nSPS) is 6.50. The Morgan fingerprint density at radius 2 is 1.50 bits per heavy atom. The van der Waals surface area contributed by atoms with E-state index in [4.69, 9.17) is 3.80 Å². The summed E-state index contributed by atoms with van der Waals surface area (Å²) in [5.41, 5.74) is 0. The number of nitrogens with zero attached hydrogens (tertiary/aromatic N) is 1. The number of aromatic nitrogens is 1. The van der Waals surface area contributed by atoms with Gasteiger partial charge in [-0.15, -0.1) is 0 Å². The minimum absolute atomic E-state index is 1.38. The molecular formula is C5H5CrNO. The van der Waals surface area contributed by atoms with Crippen molar-refractivity contribution in [2.24, 2.45) is 0 Å². The second-order valence-corrected chi connectivity index (χ2v) is 1.02. The van der Waals surface area contributed by atoms with Gasteiger partial charge in [0.05, 0.1) is 0 Å². The van der Waals surface area contributed by atoms with Crippen molar-refractivity contribution in [2.45, 2.75) is 0 Å². The van der Waals surface area contributed by atoms with E-state index in [1.54, 1.807) is 12.4 Å². The third-order valence-corrected chi connectivity index (χ3v) is 0.566. The predicted octanol–water partition coefficient (Wildman–Crippen LogP) is 0.960. The van der Waals surface area contributed by atoms with Gasteiger partial charge in [-0.3, -0.25) is 4.98 Å². The van der Waals surface area contributed by atoms with Gasteiger partial charge in [0.15, 0.2) is 0 Å². The van der Waals surface area contributed by atoms with Crippen molar-refractivity contribution in [3.63, 3.8) is 0 Å². The van der Waals surface area contributed by atoms with Crippen molar-refractivity contribution in [3.05, 3.63) is 30.6 Å². The molecule has 1 aromatic rings. The van der Waals surface area contributed by atoms with Gasteiger partial charge in [0.1, 0.15) is 0 Å². The molecule has 0 atom stereocenters. The molecule has 8 heavy (non-hydrogen) atoms. The Morgan fingerprint density at radius 3 is 1.62 bits per heavy atom. The molecule has 1 rings (SSSR count). The smallest absolute Gasteiger partial charge is 0.0267 e. The van der Waals surface area contributed by atoms with E-state index in [0.29, 0.717) is 0 Å². The molecule has 0 N–H and O–H groups in total. The molecule has 0 radical (unpaired) electrons. The minimum atomic E-state index is 1.38. The summed E-state index contributed by atoms with van der Waals surface area (Å²) in [6.45, 7) is 0. The van der Waals surface area contributed by atoms with Crippen molar-refractivity contribution < 1.29 is 20.0 Å². The number of hydrogen-bond acceptors (Lipinski definition) is 2. The summed E-state index contributed by atoms with van der Waals surface area (Å²) in [5, 5.41) is 0. The Bertz CT molecular complexity index is 95.3. The van der Waals surface area contributed by atoms with Crippen LogP contribution in [-0.4, -0.2) is 4.98 Å². The van der Waals surface area contributed by atoms with Gasteiger partial charge in [-0.05, 0) is 12.1 Å². The van der Waals surface area contributed by atoms with Gasteiger partial charge >= 0.3 is 20.0 Å². The molecule has 0 aliphatic carbocycles. The summed E-state index contributed by atoms with van der Waals surface area (Å²) >= 11 is 1.38. The van der Waals surface area contributed by atoms with E-state index in [0.717, 1.165) is 0 Å². The van der Waals surface area contributed by atoms with Crippen molar-refractivity contribution in [1.82, 2.24) is 4.98 Å². The second kappa shape index (κ2) is 6.48. The van der Waals surface area contributed by atoms with Crippen LogP contribution in [0.1, 0.15) is 0 Å². The maximum Gasteiger partial charge on any atom is 0.0267 e. The molecule has 42 valence electrons. The maximum atomic E-state index is 8.12. The van der Waals surface area contributed by atoms with E-state index in [1.165, 1.54) is 16.2 Å². The summed E-state index contributed by atoms with van der Waals surface area (Å²) in [5.74, 6) is 0. The first-order valence-electron chi connectivity index (χ1n) is 2.02. The fraction of sp³-hybridized carbons (Fsp3) is 0. The van der Waals surface area contributed by atoms with Crippen LogP contribution in [0.3, 0.4) is 0 Å². The summed E-state index contributed by atoms with van der Waals surface area (Å²) in [6, 6.07) is 5.72.